The molecule has 3 rings (SSSR count). The van der Waals surface area contributed by atoms with Gasteiger partial charge in [0.15, 0.2) is 5.65 Å². The summed E-state index contributed by atoms with van der Waals surface area (Å²) in [7, 11) is 1.53. The van der Waals surface area contributed by atoms with Crippen LogP contribution in [-0.2, 0) is 0 Å². The van der Waals surface area contributed by atoms with Gasteiger partial charge in [-0.2, -0.15) is 0 Å². The standard InChI is InChI=1S/C13H10N4O3S/c1-20-7-2-3-8(13(18)19)9(4-7)21-12-10-11(15-5-14-10)16-6-17-12/h2-6H,1H3,(H,18,19)(H,14,15,16,17). The number of H-pyrrole nitrogens is 1. The largest absolute Gasteiger partial charge is 0.497 e. The van der Waals surface area contributed by atoms with E-state index in [0.717, 1.165) is 0 Å². The number of methoxy groups -OCH3 is 1. The molecule has 0 unspecified atom stereocenters. The third-order valence-corrected chi connectivity index (χ3v) is 3.87. The number of hydrogen-bond acceptors (Lipinski definition) is 6. The van der Waals surface area contributed by atoms with Crippen molar-refractivity contribution >= 4 is 28.9 Å². The first-order valence-corrected chi connectivity index (χ1v) is 6.74. The molecule has 21 heavy (non-hydrogen) atoms. The number of rotatable bonds is 4. The molecule has 2 heterocycles. The first-order valence-electron chi connectivity index (χ1n) is 5.92. The van der Waals surface area contributed by atoms with Crippen molar-refractivity contribution in [3.05, 3.63) is 36.4 Å². The van der Waals surface area contributed by atoms with Crippen LogP contribution in [0.15, 0.2) is 40.8 Å². The molecular formula is C13H10N4O3S. The Morgan fingerprint density at radius 2 is 2.19 bits per heavy atom. The van der Waals surface area contributed by atoms with Gasteiger partial charge in [0.2, 0.25) is 0 Å². The van der Waals surface area contributed by atoms with Crippen molar-refractivity contribution in [1.82, 2.24) is 19.9 Å². The number of aromatic carboxylic acids is 1. The van der Waals surface area contributed by atoms with Crippen molar-refractivity contribution in [1.29, 1.82) is 0 Å². The van der Waals surface area contributed by atoms with Crippen LogP contribution in [0.3, 0.4) is 0 Å². The van der Waals surface area contributed by atoms with Crippen LogP contribution in [-0.4, -0.2) is 38.1 Å². The lowest BCUT2D eigenvalue weighted by atomic mass is 10.2. The molecule has 0 bridgehead atoms. The number of aromatic amines is 1. The van der Waals surface area contributed by atoms with Crippen molar-refractivity contribution in [3.8, 4) is 5.75 Å². The maximum Gasteiger partial charge on any atom is 0.336 e. The van der Waals surface area contributed by atoms with E-state index in [0.29, 0.717) is 26.8 Å². The number of benzene rings is 1. The van der Waals surface area contributed by atoms with E-state index >= 15 is 0 Å². The second kappa shape index (κ2) is 5.41. The summed E-state index contributed by atoms with van der Waals surface area (Å²) in [6.45, 7) is 0. The monoisotopic (exact) mass is 302 g/mol. The SMILES string of the molecule is COc1ccc(C(=O)O)c(Sc2ncnc3nc[nH]c23)c1. The van der Waals surface area contributed by atoms with E-state index in [4.69, 9.17) is 4.74 Å². The van der Waals surface area contributed by atoms with Gasteiger partial charge in [0, 0.05) is 4.90 Å². The molecule has 0 aliphatic rings. The number of hydrogen-bond donors (Lipinski definition) is 2. The van der Waals surface area contributed by atoms with Gasteiger partial charge in [-0.1, -0.05) is 11.8 Å². The predicted octanol–water partition coefficient (Wildman–Crippen LogP) is 2.21. The Labute approximate surface area is 123 Å². The van der Waals surface area contributed by atoms with Gasteiger partial charge in [0.1, 0.15) is 22.6 Å². The number of carboxylic acids is 1. The Morgan fingerprint density at radius 1 is 1.33 bits per heavy atom. The first-order chi connectivity index (χ1) is 10.2. The second-order valence-electron chi connectivity index (χ2n) is 4.05. The van der Waals surface area contributed by atoms with Crippen LogP contribution in [0.2, 0.25) is 0 Å². The highest BCUT2D eigenvalue weighted by atomic mass is 32.2. The summed E-state index contributed by atoms with van der Waals surface area (Å²) < 4.78 is 5.14. The lowest BCUT2D eigenvalue weighted by molar-refractivity contribution is 0.0693. The summed E-state index contributed by atoms with van der Waals surface area (Å²) in [5, 5.41) is 9.88. The van der Waals surface area contributed by atoms with E-state index in [1.807, 2.05) is 0 Å². The van der Waals surface area contributed by atoms with Gasteiger partial charge >= 0.3 is 5.97 Å². The third-order valence-electron chi connectivity index (χ3n) is 2.81. The van der Waals surface area contributed by atoms with Gasteiger partial charge in [-0.05, 0) is 18.2 Å². The third kappa shape index (κ3) is 2.52. The number of aromatic nitrogens is 4. The number of carboxylic acid groups (broad SMARTS) is 1. The Kier molecular flexibility index (Phi) is 3.44. The fraction of sp³-hybridized carbons (Fsp3) is 0.0769. The van der Waals surface area contributed by atoms with Gasteiger partial charge in [0.25, 0.3) is 0 Å². The molecule has 0 fully saturated rings. The van der Waals surface area contributed by atoms with Crippen LogP contribution in [0.4, 0.5) is 0 Å². The fourth-order valence-corrected chi connectivity index (χ4v) is 2.82. The van der Waals surface area contributed by atoms with E-state index in [2.05, 4.69) is 19.9 Å². The molecule has 2 aromatic heterocycles. The van der Waals surface area contributed by atoms with Crippen molar-refractivity contribution in [2.24, 2.45) is 0 Å². The van der Waals surface area contributed by atoms with Gasteiger partial charge in [-0.25, -0.2) is 19.7 Å². The number of imidazole rings is 1. The molecule has 0 saturated heterocycles. The molecule has 106 valence electrons. The normalized spacial score (nSPS) is 10.7. The van der Waals surface area contributed by atoms with Gasteiger partial charge in [-0.3, -0.25) is 0 Å². The highest BCUT2D eigenvalue weighted by molar-refractivity contribution is 7.99. The van der Waals surface area contributed by atoms with Crippen LogP contribution in [0.1, 0.15) is 10.4 Å². The summed E-state index contributed by atoms with van der Waals surface area (Å²) in [5.41, 5.74) is 1.39. The fourth-order valence-electron chi connectivity index (χ4n) is 1.82. The molecule has 3 aromatic rings. The average Bonchev–Trinajstić information content (AvgIpc) is 2.96. The average molecular weight is 302 g/mol. The zero-order chi connectivity index (χ0) is 14.8. The number of ether oxygens (including phenoxy) is 1. The zero-order valence-electron chi connectivity index (χ0n) is 10.9. The van der Waals surface area contributed by atoms with E-state index in [9.17, 15) is 9.90 Å². The molecule has 1 aromatic carbocycles. The highest BCUT2D eigenvalue weighted by Gasteiger charge is 2.15. The first kappa shape index (κ1) is 13.4. The molecule has 0 saturated carbocycles. The maximum atomic E-state index is 11.3. The minimum absolute atomic E-state index is 0.187. The smallest absolute Gasteiger partial charge is 0.336 e. The summed E-state index contributed by atoms with van der Waals surface area (Å²) in [6, 6.07) is 4.78. The Hall–Kier alpha value is -2.61. The Bertz CT molecular complexity index is 818. The van der Waals surface area contributed by atoms with Crippen LogP contribution in [0.5, 0.6) is 5.75 Å². The van der Waals surface area contributed by atoms with Crippen molar-refractivity contribution in [3.63, 3.8) is 0 Å². The lowest BCUT2D eigenvalue weighted by Gasteiger charge is -2.08. The number of nitrogens with one attached hydrogen (secondary N) is 1. The molecule has 0 radical (unpaired) electrons. The van der Waals surface area contributed by atoms with E-state index in [1.165, 1.54) is 37.6 Å². The number of carbonyl (C=O) groups is 1. The lowest BCUT2D eigenvalue weighted by Crippen LogP contribution is -1.99. The van der Waals surface area contributed by atoms with Crippen molar-refractivity contribution in [2.45, 2.75) is 9.92 Å². The zero-order valence-corrected chi connectivity index (χ0v) is 11.7. The summed E-state index contributed by atoms with van der Waals surface area (Å²) in [6.07, 6.45) is 2.92. The Morgan fingerprint density at radius 3 is 2.95 bits per heavy atom. The molecule has 0 atom stereocenters. The number of fused-ring (bicyclic) bond motifs is 1. The summed E-state index contributed by atoms with van der Waals surface area (Å²) in [4.78, 5) is 27.1. The van der Waals surface area contributed by atoms with Crippen molar-refractivity contribution < 1.29 is 14.6 Å². The van der Waals surface area contributed by atoms with E-state index in [1.54, 1.807) is 12.1 Å². The van der Waals surface area contributed by atoms with E-state index < -0.39 is 5.97 Å². The molecule has 7 nitrogen and oxygen atoms in total. The molecule has 0 spiro atoms. The van der Waals surface area contributed by atoms with Gasteiger partial charge < -0.3 is 14.8 Å². The van der Waals surface area contributed by atoms with Crippen LogP contribution < -0.4 is 4.74 Å². The molecule has 0 aliphatic carbocycles. The summed E-state index contributed by atoms with van der Waals surface area (Å²) >= 11 is 1.22. The minimum atomic E-state index is -1.00. The van der Waals surface area contributed by atoms with Gasteiger partial charge in [0.05, 0.1) is 19.0 Å². The molecule has 0 aliphatic heterocycles. The molecule has 0 amide bonds. The number of nitrogens with zero attached hydrogens (tertiary/aromatic N) is 3. The molecule has 2 N–H and O–H groups in total. The second-order valence-corrected chi connectivity index (χ2v) is 5.08. The maximum absolute atomic E-state index is 11.3. The molecular weight excluding hydrogens is 292 g/mol. The van der Waals surface area contributed by atoms with Crippen LogP contribution >= 0.6 is 11.8 Å². The summed E-state index contributed by atoms with van der Waals surface area (Å²) in [5.74, 6) is -0.424. The molecule has 8 heteroatoms. The van der Waals surface area contributed by atoms with Gasteiger partial charge in [-0.15, -0.1) is 0 Å². The topological polar surface area (TPSA) is 101 Å². The predicted molar refractivity (Wildman–Crippen MR) is 75.8 cm³/mol. The quantitative estimate of drug-likeness (QED) is 0.712. The van der Waals surface area contributed by atoms with Crippen LogP contribution in [0, 0.1) is 0 Å². The highest BCUT2D eigenvalue weighted by Crippen LogP contribution is 2.34. The minimum Gasteiger partial charge on any atom is -0.497 e. The Balaban J connectivity index is 2.08. The van der Waals surface area contributed by atoms with Crippen molar-refractivity contribution in [2.75, 3.05) is 7.11 Å². The van der Waals surface area contributed by atoms with Crippen LogP contribution in [0.25, 0.3) is 11.2 Å². The van der Waals surface area contributed by atoms with E-state index in [-0.39, 0.29) is 5.56 Å².